The van der Waals surface area contributed by atoms with Gasteiger partial charge in [0.25, 0.3) is 0 Å². The number of nitrogens with zero attached hydrogens (tertiary/aromatic N) is 2. The molecule has 0 amide bonds. The Morgan fingerprint density at radius 2 is 2.00 bits per heavy atom. The first-order valence-electron chi connectivity index (χ1n) is 8.35. The van der Waals surface area contributed by atoms with Gasteiger partial charge in [0.1, 0.15) is 0 Å². The molecule has 3 heteroatoms. The number of hydrogen-bond acceptors (Lipinski definition) is 3. The number of rotatable bonds is 4. The summed E-state index contributed by atoms with van der Waals surface area (Å²) < 4.78 is 0. The van der Waals surface area contributed by atoms with Crippen LogP contribution in [-0.4, -0.2) is 53.2 Å². The zero-order chi connectivity index (χ0) is 13.9. The lowest BCUT2D eigenvalue weighted by Gasteiger charge is -2.44. The minimum atomic E-state index is -0.276. The van der Waals surface area contributed by atoms with E-state index < -0.39 is 0 Å². The lowest BCUT2D eigenvalue weighted by Crippen LogP contribution is -2.51. The quantitative estimate of drug-likeness (QED) is 0.855. The maximum Gasteiger partial charge on any atom is 0.0785 e. The van der Waals surface area contributed by atoms with Gasteiger partial charge in [-0.3, -0.25) is 4.90 Å². The molecule has 2 fully saturated rings. The largest absolute Gasteiger partial charge is 0.388 e. The second-order valence-electron chi connectivity index (χ2n) is 6.41. The van der Waals surface area contributed by atoms with Crippen molar-refractivity contribution in [3.05, 3.63) is 23.4 Å². The van der Waals surface area contributed by atoms with Crippen LogP contribution in [0.1, 0.15) is 45.4 Å². The highest BCUT2D eigenvalue weighted by molar-refractivity contribution is 5.30. The van der Waals surface area contributed by atoms with E-state index in [0.717, 1.165) is 44.0 Å². The molecule has 20 heavy (non-hydrogen) atoms. The second kappa shape index (κ2) is 6.31. The number of hydrogen-bond donors (Lipinski definition) is 1. The summed E-state index contributed by atoms with van der Waals surface area (Å²) >= 11 is 0. The molecule has 0 aromatic rings. The van der Waals surface area contributed by atoms with Crippen LogP contribution in [0, 0.1) is 0 Å². The van der Waals surface area contributed by atoms with Crippen molar-refractivity contribution < 1.29 is 5.11 Å². The van der Waals surface area contributed by atoms with E-state index in [9.17, 15) is 5.11 Å². The van der Waals surface area contributed by atoms with Gasteiger partial charge in [-0.2, -0.15) is 0 Å². The van der Waals surface area contributed by atoms with E-state index in [2.05, 4.69) is 22.0 Å². The Morgan fingerprint density at radius 1 is 1.25 bits per heavy atom. The van der Waals surface area contributed by atoms with Crippen LogP contribution in [-0.2, 0) is 0 Å². The molecule has 1 saturated heterocycles. The molecular weight excluding hydrogens is 248 g/mol. The molecule has 1 heterocycles. The molecule has 3 rings (SSSR count). The first kappa shape index (κ1) is 14.2. The summed E-state index contributed by atoms with van der Waals surface area (Å²) in [6.07, 6.45) is 11.5. The van der Waals surface area contributed by atoms with Crippen molar-refractivity contribution in [3.63, 3.8) is 0 Å². The topological polar surface area (TPSA) is 26.7 Å². The van der Waals surface area contributed by atoms with E-state index in [0.29, 0.717) is 0 Å². The van der Waals surface area contributed by atoms with Gasteiger partial charge < -0.3 is 10.0 Å². The lowest BCUT2D eigenvalue weighted by molar-refractivity contribution is 0.0731. The van der Waals surface area contributed by atoms with Gasteiger partial charge in [-0.05, 0) is 43.8 Å². The molecule has 2 aliphatic carbocycles. The molecule has 3 nitrogen and oxygen atoms in total. The normalized spacial score (nSPS) is 26.8. The standard InChI is InChI=1S/C17H28N2O/c1-2-17(20)14-5-3-8-16(13-14)19-11-9-18(10-12-19)15-6-4-7-15/h5,13,15,17,20H,2-4,6-12H2,1H3. The Kier molecular flexibility index (Phi) is 4.47. The molecule has 0 bridgehead atoms. The van der Waals surface area contributed by atoms with E-state index in [-0.39, 0.29) is 6.10 Å². The zero-order valence-electron chi connectivity index (χ0n) is 12.7. The summed E-state index contributed by atoms with van der Waals surface area (Å²) in [5.41, 5.74) is 2.58. The van der Waals surface area contributed by atoms with E-state index in [1.54, 1.807) is 0 Å². The Bertz CT molecular complexity index is 390. The van der Waals surface area contributed by atoms with Crippen molar-refractivity contribution in [2.75, 3.05) is 26.2 Å². The average molecular weight is 276 g/mol. The Hall–Kier alpha value is -0.800. The van der Waals surface area contributed by atoms with Crippen LogP contribution in [0.2, 0.25) is 0 Å². The van der Waals surface area contributed by atoms with Gasteiger partial charge in [0.2, 0.25) is 0 Å². The molecule has 1 saturated carbocycles. The summed E-state index contributed by atoms with van der Waals surface area (Å²) in [6, 6.07) is 0.884. The van der Waals surface area contributed by atoms with Crippen LogP contribution >= 0.6 is 0 Å². The monoisotopic (exact) mass is 276 g/mol. The van der Waals surface area contributed by atoms with Crippen molar-refractivity contribution in [1.82, 2.24) is 9.80 Å². The fourth-order valence-electron chi connectivity index (χ4n) is 3.55. The fraction of sp³-hybridized carbons (Fsp3) is 0.765. The van der Waals surface area contributed by atoms with Gasteiger partial charge in [0, 0.05) is 37.9 Å². The number of aliphatic hydroxyl groups is 1. The summed E-state index contributed by atoms with van der Waals surface area (Å²) in [4.78, 5) is 5.23. The molecule has 112 valence electrons. The third-order valence-corrected chi connectivity index (χ3v) is 5.20. The van der Waals surface area contributed by atoms with Gasteiger partial charge in [-0.1, -0.05) is 19.4 Å². The molecule has 1 N–H and O–H groups in total. The van der Waals surface area contributed by atoms with Gasteiger partial charge in [0.15, 0.2) is 0 Å². The Morgan fingerprint density at radius 3 is 2.60 bits per heavy atom. The van der Waals surface area contributed by atoms with Crippen molar-refractivity contribution in [3.8, 4) is 0 Å². The molecular formula is C17H28N2O. The highest BCUT2D eigenvalue weighted by Crippen LogP contribution is 2.28. The predicted molar refractivity (Wildman–Crippen MR) is 82.5 cm³/mol. The minimum Gasteiger partial charge on any atom is -0.388 e. The molecule has 3 aliphatic rings. The molecule has 0 spiro atoms. The summed E-state index contributed by atoms with van der Waals surface area (Å²) in [5, 5.41) is 10.0. The minimum absolute atomic E-state index is 0.276. The van der Waals surface area contributed by atoms with Gasteiger partial charge in [0.05, 0.1) is 6.10 Å². The first-order chi connectivity index (χ1) is 9.78. The maximum atomic E-state index is 10.0. The first-order valence-corrected chi connectivity index (χ1v) is 8.35. The number of piperazine rings is 1. The SMILES string of the molecule is CCC(O)C1=CCCC(N2CCN(C3CCC3)CC2)=C1. The molecule has 1 unspecified atom stereocenters. The van der Waals surface area contributed by atoms with Crippen LogP contribution in [0.25, 0.3) is 0 Å². The smallest absolute Gasteiger partial charge is 0.0785 e. The maximum absolute atomic E-state index is 10.0. The van der Waals surface area contributed by atoms with Crippen LogP contribution < -0.4 is 0 Å². The van der Waals surface area contributed by atoms with Gasteiger partial charge in [-0.25, -0.2) is 0 Å². The summed E-state index contributed by atoms with van der Waals surface area (Å²) in [5.74, 6) is 0. The Labute approximate surface area is 122 Å². The lowest BCUT2D eigenvalue weighted by atomic mass is 9.91. The van der Waals surface area contributed by atoms with E-state index in [1.807, 2.05) is 6.92 Å². The van der Waals surface area contributed by atoms with E-state index in [4.69, 9.17) is 0 Å². The number of aliphatic hydroxyl groups excluding tert-OH is 1. The predicted octanol–water partition coefficient (Wildman–Crippen LogP) is 2.53. The number of allylic oxidation sites excluding steroid dienone is 2. The fourth-order valence-corrected chi connectivity index (χ4v) is 3.55. The van der Waals surface area contributed by atoms with Gasteiger partial charge in [-0.15, -0.1) is 0 Å². The van der Waals surface area contributed by atoms with Gasteiger partial charge >= 0.3 is 0 Å². The molecule has 1 aliphatic heterocycles. The highest BCUT2D eigenvalue weighted by atomic mass is 16.3. The van der Waals surface area contributed by atoms with Crippen molar-refractivity contribution in [2.24, 2.45) is 0 Å². The third-order valence-electron chi connectivity index (χ3n) is 5.20. The molecule has 0 radical (unpaired) electrons. The molecule has 0 aromatic heterocycles. The molecule has 1 atom stereocenters. The zero-order valence-corrected chi connectivity index (χ0v) is 12.7. The third kappa shape index (κ3) is 2.94. The van der Waals surface area contributed by atoms with Crippen LogP contribution in [0.15, 0.2) is 23.4 Å². The molecule has 0 aromatic carbocycles. The average Bonchev–Trinajstić information content (AvgIpc) is 2.45. The van der Waals surface area contributed by atoms with Crippen molar-refractivity contribution >= 4 is 0 Å². The highest BCUT2D eigenvalue weighted by Gasteiger charge is 2.28. The van der Waals surface area contributed by atoms with Crippen LogP contribution in [0.4, 0.5) is 0 Å². The van der Waals surface area contributed by atoms with Crippen molar-refractivity contribution in [1.29, 1.82) is 0 Å². The Balaban J connectivity index is 1.57. The van der Waals surface area contributed by atoms with Crippen molar-refractivity contribution in [2.45, 2.75) is 57.6 Å². The summed E-state index contributed by atoms with van der Waals surface area (Å²) in [6.45, 7) is 6.81. The van der Waals surface area contributed by atoms with Crippen LogP contribution in [0.3, 0.4) is 0 Å². The van der Waals surface area contributed by atoms with Crippen LogP contribution in [0.5, 0.6) is 0 Å². The second-order valence-corrected chi connectivity index (χ2v) is 6.41. The van der Waals surface area contributed by atoms with E-state index in [1.165, 1.54) is 38.0 Å². The summed E-state index contributed by atoms with van der Waals surface area (Å²) in [7, 11) is 0. The van der Waals surface area contributed by atoms with E-state index >= 15 is 0 Å².